The van der Waals surface area contributed by atoms with E-state index in [-0.39, 0.29) is 25.1 Å². The second-order valence-corrected chi connectivity index (χ2v) is 5.75. The number of hydrogen-bond acceptors (Lipinski definition) is 4. The van der Waals surface area contributed by atoms with Crippen LogP contribution < -0.4 is 11.1 Å². The number of nitrogens with one attached hydrogen (secondary N) is 1. The number of halogens is 1. The van der Waals surface area contributed by atoms with Crippen LogP contribution >= 0.6 is 11.6 Å². The van der Waals surface area contributed by atoms with Crippen molar-refractivity contribution in [2.24, 2.45) is 10.7 Å². The highest BCUT2D eigenvalue weighted by Gasteiger charge is 2.15. The molecule has 0 radical (unpaired) electrons. The Morgan fingerprint density at radius 2 is 2.00 bits per heavy atom. The molecule has 4 N–H and O–H groups in total. The van der Waals surface area contributed by atoms with E-state index >= 15 is 0 Å². The van der Waals surface area contributed by atoms with E-state index in [0.29, 0.717) is 22.0 Å². The van der Waals surface area contributed by atoms with Gasteiger partial charge in [-0.3, -0.25) is 9.79 Å². The Morgan fingerprint density at radius 1 is 1.29 bits per heavy atom. The lowest BCUT2D eigenvalue weighted by molar-refractivity contribution is -0.114. The number of aliphatic hydroxyl groups excluding tert-OH is 1. The van der Waals surface area contributed by atoms with Gasteiger partial charge in [0.05, 0.1) is 30.6 Å². The number of carbonyl (C=O) groups is 1. The number of amides is 1. The van der Waals surface area contributed by atoms with Crippen LogP contribution in [0.25, 0.3) is 0 Å². The summed E-state index contributed by atoms with van der Waals surface area (Å²) in [6.07, 6.45) is 0. The Balaban J connectivity index is 2.59. The van der Waals surface area contributed by atoms with Crippen molar-refractivity contribution in [3.8, 4) is 0 Å². The second kappa shape index (κ2) is 8.59. The van der Waals surface area contributed by atoms with Crippen molar-refractivity contribution in [3.05, 3.63) is 64.7 Å². The van der Waals surface area contributed by atoms with Crippen molar-refractivity contribution in [1.29, 1.82) is 0 Å². The fraction of sp³-hybridized carbons (Fsp3) is 0.222. The van der Waals surface area contributed by atoms with Gasteiger partial charge in [-0.15, -0.1) is 0 Å². The van der Waals surface area contributed by atoms with Crippen LogP contribution in [0.4, 0.5) is 5.69 Å². The molecule has 24 heavy (non-hydrogen) atoms. The fourth-order valence-corrected chi connectivity index (χ4v) is 2.35. The number of rotatable bonds is 6. The van der Waals surface area contributed by atoms with E-state index < -0.39 is 0 Å². The molecule has 0 spiro atoms. The van der Waals surface area contributed by atoms with Crippen LogP contribution in [0.3, 0.4) is 0 Å². The Hall–Kier alpha value is -2.21. The maximum Gasteiger partial charge on any atom is 0.238 e. The van der Waals surface area contributed by atoms with Gasteiger partial charge in [0, 0.05) is 16.1 Å². The molecule has 2 aromatic rings. The molecule has 0 aliphatic carbocycles. The molecular formula is C18H20ClN3O2. The zero-order valence-electron chi connectivity index (χ0n) is 13.4. The number of aliphatic imine (C=N–C) groups is 1. The minimum absolute atomic E-state index is 0.0820. The first-order chi connectivity index (χ1) is 11.5. The van der Waals surface area contributed by atoms with Crippen molar-refractivity contribution in [1.82, 2.24) is 0 Å². The van der Waals surface area contributed by atoms with Crippen LogP contribution in [-0.4, -0.2) is 35.9 Å². The van der Waals surface area contributed by atoms with Gasteiger partial charge < -0.3 is 16.2 Å². The topological polar surface area (TPSA) is 87.7 Å². The van der Waals surface area contributed by atoms with Gasteiger partial charge in [0.2, 0.25) is 5.91 Å². The molecule has 2 rings (SSSR count). The van der Waals surface area contributed by atoms with E-state index in [1.54, 1.807) is 18.2 Å². The van der Waals surface area contributed by atoms with Crippen molar-refractivity contribution >= 4 is 28.9 Å². The summed E-state index contributed by atoms with van der Waals surface area (Å²) < 4.78 is 0. The van der Waals surface area contributed by atoms with Gasteiger partial charge >= 0.3 is 0 Å². The molecule has 6 heteroatoms. The van der Waals surface area contributed by atoms with Crippen molar-refractivity contribution < 1.29 is 9.90 Å². The fourth-order valence-electron chi connectivity index (χ4n) is 2.18. The van der Waals surface area contributed by atoms with Crippen LogP contribution in [-0.2, 0) is 4.79 Å². The predicted octanol–water partition coefficient (Wildman–Crippen LogP) is 2.46. The van der Waals surface area contributed by atoms with Gasteiger partial charge in [-0.1, -0.05) is 41.9 Å². The SMILES string of the molecule is CC(CO)N=C(c1ccccc1)c1cc(Cl)ccc1NC(=O)CN. The zero-order chi connectivity index (χ0) is 17.5. The minimum atomic E-state index is -0.304. The molecule has 1 unspecified atom stereocenters. The van der Waals surface area contributed by atoms with E-state index in [4.69, 9.17) is 17.3 Å². The monoisotopic (exact) mass is 345 g/mol. The van der Waals surface area contributed by atoms with Crippen molar-refractivity contribution in [2.75, 3.05) is 18.5 Å². The average molecular weight is 346 g/mol. The lowest BCUT2D eigenvalue weighted by Crippen LogP contribution is -2.23. The number of benzene rings is 2. The lowest BCUT2D eigenvalue weighted by Gasteiger charge is -2.15. The van der Waals surface area contributed by atoms with E-state index in [1.165, 1.54) is 0 Å². The summed E-state index contributed by atoms with van der Waals surface area (Å²) in [5.41, 5.74) is 8.15. The summed E-state index contributed by atoms with van der Waals surface area (Å²) in [5, 5.41) is 12.7. The second-order valence-electron chi connectivity index (χ2n) is 5.32. The van der Waals surface area contributed by atoms with Crippen LogP contribution in [0.5, 0.6) is 0 Å². The molecular weight excluding hydrogens is 326 g/mol. The van der Waals surface area contributed by atoms with Crippen LogP contribution in [0.1, 0.15) is 18.1 Å². The first-order valence-electron chi connectivity index (χ1n) is 7.59. The van der Waals surface area contributed by atoms with Gasteiger partial charge in [-0.05, 0) is 25.1 Å². The van der Waals surface area contributed by atoms with E-state index in [1.807, 2.05) is 37.3 Å². The third-order valence-corrected chi connectivity index (χ3v) is 3.59. The van der Waals surface area contributed by atoms with Crippen molar-refractivity contribution in [2.45, 2.75) is 13.0 Å². The lowest BCUT2D eigenvalue weighted by atomic mass is 10.00. The Kier molecular flexibility index (Phi) is 6.49. The largest absolute Gasteiger partial charge is 0.394 e. The van der Waals surface area contributed by atoms with Gasteiger partial charge in [-0.2, -0.15) is 0 Å². The average Bonchev–Trinajstić information content (AvgIpc) is 2.61. The molecule has 0 saturated heterocycles. The maximum atomic E-state index is 11.7. The Bertz CT molecular complexity index is 732. The van der Waals surface area contributed by atoms with Crippen molar-refractivity contribution in [3.63, 3.8) is 0 Å². The summed E-state index contributed by atoms with van der Waals surface area (Å²) in [5.74, 6) is -0.304. The van der Waals surface area contributed by atoms with E-state index in [0.717, 1.165) is 5.56 Å². The third kappa shape index (κ3) is 4.64. The number of anilines is 1. The first kappa shape index (κ1) is 18.1. The highest BCUT2D eigenvalue weighted by Crippen LogP contribution is 2.25. The van der Waals surface area contributed by atoms with E-state index in [9.17, 15) is 9.90 Å². The van der Waals surface area contributed by atoms with Gasteiger partial charge in [0.25, 0.3) is 0 Å². The molecule has 2 aromatic carbocycles. The summed E-state index contributed by atoms with van der Waals surface area (Å²) in [6, 6.07) is 14.4. The molecule has 0 heterocycles. The van der Waals surface area contributed by atoms with Crippen LogP contribution in [0.2, 0.25) is 5.02 Å². The minimum Gasteiger partial charge on any atom is -0.394 e. The number of hydrogen-bond donors (Lipinski definition) is 3. The van der Waals surface area contributed by atoms with Gasteiger partial charge in [0.1, 0.15) is 0 Å². The van der Waals surface area contributed by atoms with Gasteiger partial charge in [-0.25, -0.2) is 0 Å². The quantitative estimate of drug-likeness (QED) is 0.703. The third-order valence-electron chi connectivity index (χ3n) is 3.36. The molecule has 0 aromatic heterocycles. The first-order valence-corrected chi connectivity index (χ1v) is 7.97. The number of nitrogens with two attached hydrogens (primary N) is 1. The molecule has 0 bridgehead atoms. The summed E-state index contributed by atoms with van der Waals surface area (Å²) in [6.45, 7) is 1.61. The number of nitrogens with zero attached hydrogens (tertiary/aromatic N) is 1. The molecule has 0 aliphatic heterocycles. The molecule has 0 fully saturated rings. The van der Waals surface area contributed by atoms with Crippen LogP contribution in [0, 0.1) is 0 Å². The maximum absolute atomic E-state index is 11.7. The standard InChI is InChI=1S/C18H20ClN3O2/c1-12(11-23)21-18(13-5-3-2-4-6-13)15-9-14(19)7-8-16(15)22-17(24)10-20/h2-9,12,23H,10-11,20H2,1H3,(H,22,24). The molecule has 1 amide bonds. The smallest absolute Gasteiger partial charge is 0.238 e. The molecule has 1 atom stereocenters. The van der Waals surface area contributed by atoms with Gasteiger partial charge in [0.15, 0.2) is 0 Å². The molecule has 126 valence electrons. The zero-order valence-corrected chi connectivity index (χ0v) is 14.1. The normalized spacial score (nSPS) is 12.8. The Morgan fingerprint density at radius 3 is 2.62 bits per heavy atom. The summed E-state index contributed by atoms with van der Waals surface area (Å²) >= 11 is 6.15. The Labute approximate surface area is 146 Å². The number of carbonyl (C=O) groups excluding carboxylic acids is 1. The van der Waals surface area contributed by atoms with Crippen LogP contribution in [0.15, 0.2) is 53.5 Å². The highest BCUT2D eigenvalue weighted by atomic mass is 35.5. The predicted molar refractivity (Wildman–Crippen MR) is 97.8 cm³/mol. The number of aliphatic hydroxyl groups is 1. The molecule has 5 nitrogen and oxygen atoms in total. The highest BCUT2D eigenvalue weighted by molar-refractivity contribution is 6.31. The molecule has 0 aliphatic rings. The summed E-state index contributed by atoms with van der Waals surface area (Å²) in [4.78, 5) is 16.3. The van der Waals surface area contributed by atoms with E-state index in [2.05, 4.69) is 10.3 Å². The summed E-state index contributed by atoms with van der Waals surface area (Å²) in [7, 11) is 0. The molecule has 0 saturated carbocycles.